The maximum Gasteiger partial charge on any atom is 0.0948 e. The molecule has 0 unspecified atom stereocenters. The molecule has 0 aliphatic heterocycles. The van der Waals surface area contributed by atoms with Crippen LogP contribution in [0, 0.1) is 5.92 Å². The molecule has 13 heavy (non-hydrogen) atoms. The molecule has 0 aliphatic carbocycles. The molecule has 0 aliphatic rings. The van der Waals surface area contributed by atoms with Gasteiger partial charge in [0.05, 0.1) is 12.0 Å². The van der Waals surface area contributed by atoms with E-state index in [4.69, 9.17) is 0 Å². The summed E-state index contributed by atoms with van der Waals surface area (Å²) in [7, 11) is 0. The highest BCUT2D eigenvalue weighted by Gasteiger charge is 1.99. The summed E-state index contributed by atoms with van der Waals surface area (Å²) in [5.74, 6) is 0.706. The van der Waals surface area contributed by atoms with E-state index in [1.807, 2.05) is 12.5 Å². The number of rotatable bonds is 5. The lowest BCUT2D eigenvalue weighted by molar-refractivity contribution is 0.537. The topological polar surface area (TPSA) is 29.9 Å². The van der Waals surface area contributed by atoms with Crippen molar-refractivity contribution in [2.45, 2.75) is 33.9 Å². The van der Waals surface area contributed by atoms with Gasteiger partial charge in [-0.2, -0.15) is 0 Å². The molecule has 1 N–H and O–H groups in total. The maximum absolute atomic E-state index is 4.11. The molecule has 1 aromatic heterocycles. The van der Waals surface area contributed by atoms with E-state index in [9.17, 15) is 0 Å². The van der Waals surface area contributed by atoms with Gasteiger partial charge in [0.25, 0.3) is 0 Å². The Morgan fingerprint density at radius 2 is 2.31 bits per heavy atom. The first-order valence-electron chi connectivity index (χ1n) is 4.93. The second kappa shape index (κ2) is 5.02. The molecule has 1 rings (SSSR count). The minimum Gasteiger partial charge on any atom is -0.334 e. The first-order chi connectivity index (χ1) is 6.24. The van der Waals surface area contributed by atoms with Crippen molar-refractivity contribution in [2.75, 3.05) is 6.54 Å². The number of aromatic nitrogens is 2. The van der Waals surface area contributed by atoms with Crippen molar-refractivity contribution in [1.29, 1.82) is 0 Å². The number of imidazole rings is 1. The molecular weight excluding hydrogens is 162 g/mol. The van der Waals surface area contributed by atoms with E-state index in [1.165, 1.54) is 5.69 Å². The van der Waals surface area contributed by atoms with Crippen LogP contribution < -0.4 is 5.32 Å². The van der Waals surface area contributed by atoms with Gasteiger partial charge in [0, 0.05) is 19.3 Å². The van der Waals surface area contributed by atoms with Gasteiger partial charge in [0.15, 0.2) is 0 Å². The van der Waals surface area contributed by atoms with Crippen molar-refractivity contribution < 1.29 is 0 Å². The summed E-state index contributed by atoms with van der Waals surface area (Å²) in [6.07, 6.45) is 3.81. The summed E-state index contributed by atoms with van der Waals surface area (Å²) in [6, 6.07) is 0. The van der Waals surface area contributed by atoms with E-state index in [0.717, 1.165) is 19.6 Å². The van der Waals surface area contributed by atoms with Gasteiger partial charge in [-0.15, -0.1) is 0 Å². The highest BCUT2D eigenvalue weighted by Crippen LogP contribution is 1.98. The molecule has 0 fully saturated rings. The Balaban J connectivity index is 2.36. The number of hydrogen-bond acceptors (Lipinski definition) is 2. The van der Waals surface area contributed by atoms with Gasteiger partial charge in [0.2, 0.25) is 0 Å². The molecule has 0 radical (unpaired) electrons. The van der Waals surface area contributed by atoms with Crippen LogP contribution >= 0.6 is 0 Å². The lowest BCUT2D eigenvalue weighted by atomic mass is 10.2. The zero-order valence-electron chi connectivity index (χ0n) is 8.75. The number of hydrogen-bond donors (Lipinski definition) is 1. The van der Waals surface area contributed by atoms with Crippen LogP contribution in [0.3, 0.4) is 0 Å². The lowest BCUT2D eigenvalue weighted by Gasteiger charge is -2.08. The van der Waals surface area contributed by atoms with E-state index in [1.54, 1.807) is 0 Å². The summed E-state index contributed by atoms with van der Waals surface area (Å²) < 4.78 is 2.16. The monoisotopic (exact) mass is 181 g/mol. The fourth-order valence-electron chi connectivity index (χ4n) is 1.27. The van der Waals surface area contributed by atoms with E-state index in [0.29, 0.717) is 5.92 Å². The number of aryl methyl sites for hydroxylation is 1. The van der Waals surface area contributed by atoms with E-state index >= 15 is 0 Å². The highest BCUT2D eigenvalue weighted by atomic mass is 15.1. The molecule has 0 saturated heterocycles. The molecule has 0 saturated carbocycles. The lowest BCUT2D eigenvalue weighted by Crippen LogP contribution is -2.20. The zero-order valence-corrected chi connectivity index (χ0v) is 8.75. The van der Waals surface area contributed by atoms with Crippen molar-refractivity contribution >= 4 is 0 Å². The third-order valence-electron chi connectivity index (χ3n) is 2.00. The van der Waals surface area contributed by atoms with Crippen molar-refractivity contribution in [1.82, 2.24) is 14.9 Å². The predicted molar refractivity (Wildman–Crippen MR) is 54.4 cm³/mol. The average molecular weight is 181 g/mol. The molecule has 3 heteroatoms. The Hall–Kier alpha value is -0.830. The Morgan fingerprint density at radius 1 is 1.54 bits per heavy atom. The smallest absolute Gasteiger partial charge is 0.0948 e. The van der Waals surface area contributed by atoms with E-state index in [2.05, 4.69) is 35.6 Å². The highest BCUT2D eigenvalue weighted by molar-refractivity contribution is 4.97. The summed E-state index contributed by atoms with van der Waals surface area (Å²) in [5, 5.41) is 3.40. The quantitative estimate of drug-likeness (QED) is 0.748. The molecule has 0 amide bonds. The molecule has 3 nitrogen and oxygen atoms in total. The molecule has 1 heterocycles. The van der Waals surface area contributed by atoms with Crippen LogP contribution in [-0.2, 0) is 13.1 Å². The number of nitrogens with zero attached hydrogens (tertiary/aromatic N) is 2. The third kappa shape index (κ3) is 3.19. The SMILES string of the molecule is CCn1cncc1CNCC(C)C. The van der Waals surface area contributed by atoms with Gasteiger partial charge in [-0.3, -0.25) is 0 Å². The second-order valence-corrected chi connectivity index (χ2v) is 3.70. The first-order valence-corrected chi connectivity index (χ1v) is 4.93. The molecular formula is C10H19N3. The number of nitrogens with one attached hydrogen (secondary N) is 1. The summed E-state index contributed by atoms with van der Waals surface area (Å²) in [6.45, 7) is 9.54. The summed E-state index contributed by atoms with van der Waals surface area (Å²) in [5.41, 5.74) is 1.27. The zero-order chi connectivity index (χ0) is 9.68. The first kappa shape index (κ1) is 10.3. The van der Waals surface area contributed by atoms with Crippen LogP contribution in [0.2, 0.25) is 0 Å². The van der Waals surface area contributed by atoms with E-state index < -0.39 is 0 Å². The Morgan fingerprint density at radius 3 is 2.92 bits per heavy atom. The van der Waals surface area contributed by atoms with Gasteiger partial charge in [0.1, 0.15) is 0 Å². The standard InChI is InChI=1S/C10H19N3/c1-4-13-8-12-7-10(13)6-11-5-9(2)3/h7-9,11H,4-6H2,1-3H3. The van der Waals surface area contributed by atoms with Gasteiger partial charge < -0.3 is 9.88 Å². The molecule has 0 bridgehead atoms. The predicted octanol–water partition coefficient (Wildman–Crippen LogP) is 1.65. The van der Waals surface area contributed by atoms with Crippen LogP contribution in [0.1, 0.15) is 26.5 Å². The van der Waals surface area contributed by atoms with E-state index in [-0.39, 0.29) is 0 Å². The van der Waals surface area contributed by atoms with Crippen LogP contribution in [0.25, 0.3) is 0 Å². The Labute approximate surface area is 80.2 Å². The van der Waals surface area contributed by atoms with Gasteiger partial charge >= 0.3 is 0 Å². The second-order valence-electron chi connectivity index (χ2n) is 3.70. The van der Waals surface area contributed by atoms with Gasteiger partial charge in [-0.1, -0.05) is 13.8 Å². The third-order valence-corrected chi connectivity index (χ3v) is 2.00. The minimum absolute atomic E-state index is 0.706. The van der Waals surface area contributed by atoms with Crippen molar-refractivity contribution in [2.24, 2.45) is 5.92 Å². The fraction of sp³-hybridized carbons (Fsp3) is 0.700. The molecule has 0 atom stereocenters. The van der Waals surface area contributed by atoms with Crippen molar-refractivity contribution in [3.8, 4) is 0 Å². The minimum atomic E-state index is 0.706. The van der Waals surface area contributed by atoms with Crippen LogP contribution in [0.5, 0.6) is 0 Å². The van der Waals surface area contributed by atoms with Gasteiger partial charge in [-0.05, 0) is 19.4 Å². The fourth-order valence-corrected chi connectivity index (χ4v) is 1.27. The largest absolute Gasteiger partial charge is 0.334 e. The van der Waals surface area contributed by atoms with Crippen molar-refractivity contribution in [3.05, 3.63) is 18.2 Å². The Kier molecular flexibility index (Phi) is 3.96. The molecule has 0 spiro atoms. The van der Waals surface area contributed by atoms with Crippen molar-refractivity contribution in [3.63, 3.8) is 0 Å². The van der Waals surface area contributed by atoms with Crippen LogP contribution in [-0.4, -0.2) is 16.1 Å². The molecule has 1 aromatic rings. The maximum atomic E-state index is 4.11. The summed E-state index contributed by atoms with van der Waals surface area (Å²) in [4.78, 5) is 4.11. The normalized spacial score (nSPS) is 11.1. The molecule has 74 valence electrons. The van der Waals surface area contributed by atoms with Crippen LogP contribution in [0.15, 0.2) is 12.5 Å². The molecule has 0 aromatic carbocycles. The summed E-state index contributed by atoms with van der Waals surface area (Å²) >= 11 is 0. The van der Waals surface area contributed by atoms with Gasteiger partial charge in [-0.25, -0.2) is 4.98 Å². The van der Waals surface area contributed by atoms with Crippen LogP contribution in [0.4, 0.5) is 0 Å². The average Bonchev–Trinajstić information content (AvgIpc) is 2.51. The Bertz CT molecular complexity index is 240.